The van der Waals surface area contributed by atoms with Crippen LogP contribution in [0.5, 0.6) is 5.75 Å². The molecule has 0 radical (unpaired) electrons. The summed E-state index contributed by atoms with van der Waals surface area (Å²) in [4.78, 5) is 80.2. The van der Waals surface area contributed by atoms with Crippen molar-refractivity contribution in [2.75, 3.05) is 63.1 Å². The third-order valence-electron chi connectivity index (χ3n) is 15.1. The van der Waals surface area contributed by atoms with Crippen LogP contribution in [0, 0.1) is 25.2 Å². The standard InChI is InChI=1S/C55H75N13O7S/c1-33-34(2)64-65-49(33)63-50-39-27-46(76(73,74)55(7,8)9)45(28-41(39)59-32-60-50)75-24-14-19-66-20-22-67(23-21-66)47-30-57-42(29-58-47)44(69)26-36-25-43(52(71)61-40-18-13-16-37-15-11-12-17-38(37)40)68(31-36)53(72)48(54(4,5)6)62-51(70)35(3)56-10/h11-12,15,17,27-30,32,35-36,40,43,48,56H,13-14,16,18-26,31H2,1-10H3,(H,61,71)(H,62,70)(H2,59,60,63,64,65)/t35-,36+,40+,43-,48+/m0/s1. The Bertz CT molecular complexity index is 3040. The quantitative estimate of drug-likeness (QED) is 0.0515. The van der Waals surface area contributed by atoms with E-state index in [1.54, 1.807) is 58.0 Å². The number of sulfone groups is 1. The van der Waals surface area contributed by atoms with Crippen molar-refractivity contribution in [3.8, 4) is 5.75 Å². The minimum Gasteiger partial charge on any atom is -0.492 e. The molecule has 21 heteroatoms. The molecule has 5 atom stereocenters. The molecule has 0 saturated carbocycles. The highest BCUT2D eigenvalue weighted by Crippen LogP contribution is 2.38. The van der Waals surface area contributed by atoms with Gasteiger partial charge in [-0.15, -0.1) is 0 Å². The van der Waals surface area contributed by atoms with Gasteiger partial charge in [-0.05, 0) is 109 Å². The van der Waals surface area contributed by atoms with Crippen LogP contribution in [-0.2, 0) is 30.6 Å². The molecule has 5 N–H and O–H groups in total. The Hall–Kier alpha value is -6.58. The van der Waals surface area contributed by atoms with Crippen LogP contribution in [0.15, 0.2) is 60.0 Å². The molecule has 2 aliphatic heterocycles. The fourth-order valence-electron chi connectivity index (χ4n) is 10.1. The number of hydrogen-bond acceptors (Lipinski definition) is 16. The fourth-order valence-corrected chi connectivity index (χ4v) is 11.5. The van der Waals surface area contributed by atoms with E-state index in [1.165, 1.54) is 18.1 Å². The topological polar surface area (TPSA) is 250 Å². The summed E-state index contributed by atoms with van der Waals surface area (Å²) in [6.07, 6.45) is 8.19. The van der Waals surface area contributed by atoms with Gasteiger partial charge >= 0.3 is 0 Å². The highest BCUT2D eigenvalue weighted by molar-refractivity contribution is 7.92. The Morgan fingerprint density at radius 2 is 1.68 bits per heavy atom. The van der Waals surface area contributed by atoms with E-state index >= 15 is 0 Å². The number of fused-ring (bicyclic) bond motifs is 2. The number of carbonyl (C=O) groups is 4. The Kier molecular flexibility index (Phi) is 16.8. The molecule has 2 saturated heterocycles. The maximum atomic E-state index is 14.6. The molecule has 5 heterocycles. The van der Waals surface area contributed by atoms with Crippen molar-refractivity contribution in [1.82, 2.24) is 55.9 Å². The lowest BCUT2D eigenvalue weighted by Crippen LogP contribution is -2.59. The second kappa shape index (κ2) is 22.9. The zero-order chi connectivity index (χ0) is 54.7. The van der Waals surface area contributed by atoms with Crippen LogP contribution < -0.4 is 30.9 Å². The number of aryl methyl sites for hydroxylation is 2. The summed E-state index contributed by atoms with van der Waals surface area (Å²) in [6, 6.07) is 8.88. The summed E-state index contributed by atoms with van der Waals surface area (Å²) in [5.41, 5.74) is 4.17. The number of likely N-dealkylation sites (tertiary alicyclic amines) is 1. The molecule has 3 aliphatic rings. The normalized spacial score (nSPS) is 19.2. The summed E-state index contributed by atoms with van der Waals surface area (Å²) in [7, 11) is -2.17. The first-order chi connectivity index (χ1) is 36.0. The van der Waals surface area contributed by atoms with E-state index in [-0.39, 0.29) is 77.8 Å². The Morgan fingerprint density at radius 1 is 0.934 bits per heavy atom. The lowest BCUT2D eigenvalue weighted by Gasteiger charge is -2.36. The van der Waals surface area contributed by atoms with Crippen LogP contribution in [0.25, 0.3) is 10.9 Å². The highest BCUT2D eigenvalue weighted by atomic mass is 32.2. The summed E-state index contributed by atoms with van der Waals surface area (Å²) in [6.45, 7) is 20.3. The molecular formula is C55H75N13O7S. The second-order valence-electron chi connectivity index (χ2n) is 22.6. The van der Waals surface area contributed by atoms with E-state index in [2.05, 4.69) is 67.3 Å². The van der Waals surface area contributed by atoms with E-state index < -0.39 is 38.1 Å². The van der Waals surface area contributed by atoms with E-state index in [4.69, 9.17) is 4.74 Å². The summed E-state index contributed by atoms with van der Waals surface area (Å²) >= 11 is 0. The van der Waals surface area contributed by atoms with Crippen LogP contribution in [0.4, 0.5) is 17.5 Å². The molecule has 3 aromatic heterocycles. The van der Waals surface area contributed by atoms with Crippen molar-refractivity contribution in [2.45, 2.75) is 135 Å². The number of benzene rings is 2. The lowest BCUT2D eigenvalue weighted by atomic mass is 9.85. The number of aromatic nitrogens is 6. The molecule has 2 fully saturated rings. The molecule has 5 aromatic rings. The van der Waals surface area contributed by atoms with Gasteiger partial charge in [0.05, 0.1) is 41.3 Å². The number of amides is 3. The number of H-pyrrole nitrogens is 1. The first kappa shape index (κ1) is 55.6. The van der Waals surface area contributed by atoms with Gasteiger partial charge in [0.15, 0.2) is 21.4 Å². The van der Waals surface area contributed by atoms with Gasteiger partial charge in [-0.25, -0.2) is 28.4 Å². The van der Waals surface area contributed by atoms with Crippen molar-refractivity contribution in [1.29, 1.82) is 0 Å². The number of carbonyl (C=O) groups excluding carboxylic acids is 4. The number of likely N-dealkylation sites (N-methyl/N-ethyl adjacent to an activating group) is 1. The van der Waals surface area contributed by atoms with Crippen LogP contribution in [-0.4, -0.2) is 148 Å². The minimum absolute atomic E-state index is 0.0625. The van der Waals surface area contributed by atoms with Gasteiger partial charge in [-0.2, -0.15) is 5.10 Å². The van der Waals surface area contributed by atoms with Gasteiger partial charge in [0.25, 0.3) is 0 Å². The van der Waals surface area contributed by atoms with Gasteiger partial charge in [0.2, 0.25) is 17.7 Å². The molecule has 20 nitrogen and oxygen atoms in total. The summed E-state index contributed by atoms with van der Waals surface area (Å²) < 4.78 is 33.2. The number of nitrogens with one attached hydrogen (secondary N) is 5. The fraction of sp³-hybridized carbons (Fsp3) is 0.545. The molecule has 0 unspecified atom stereocenters. The van der Waals surface area contributed by atoms with Gasteiger partial charge < -0.3 is 35.8 Å². The monoisotopic (exact) mass is 1060 g/mol. The minimum atomic E-state index is -3.84. The third-order valence-corrected chi connectivity index (χ3v) is 17.7. The summed E-state index contributed by atoms with van der Waals surface area (Å²) in [5.74, 6) is 0.391. The van der Waals surface area contributed by atoms with Crippen LogP contribution in [0.2, 0.25) is 0 Å². The predicted octanol–water partition coefficient (Wildman–Crippen LogP) is 5.79. The first-order valence-electron chi connectivity index (χ1n) is 26.5. The molecule has 0 bridgehead atoms. The number of rotatable bonds is 18. The number of piperazine rings is 1. The van der Waals surface area contributed by atoms with Crippen molar-refractivity contribution in [3.63, 3.8) is 0 Å². The number of Topliss-reactive ketones (excluding diaryl/α,β-unsaturated/α-hetero) is 1. The number of anilines is 3. The number of aromatic amines is 1. The lowest BCUT2D eigenvalue weighted by molar-refractivity contribution is -0.144. The van der Waals surface area contributed by atoms with E-state index in [0.29, 0.717) is 47.9 Å². The number of hydrogen-bond donors (Lipinski definition) is 5. The van der Waals surface area contributed by atoms with E-state index in [9.17, 15) is 27.6 Å². The third kappa shape index (κ3) is 12.3. The number of ether oxygens (including phenoxy) is 1. The average molecular weight is 1060 g/mol. The van der Waals surface area contributed by atoms with Gasteiger partial charge in [0, 0.05) is 68.4 Å². The van der Waals surface area contributed by atoms with Gasteiger partial charge in [-0.1, -0.05) is 45.0 Å². The molecule has 0 spiro atoms. The molecule has 3 amide bonds. The molecule has 1 aliphatic carbocycles. The van der Waals surface area contributed by atoms with Crippen molar-refractivity contribution in [2.24, 2.45) is 11.3 Å². The average Bonchev–Trinajstić information content (AvgIpc) is 3.96. The van der Waals surface area contributed by atoms with E-state index in [0.717, 1.165) is 55.7 Å². The van der Waals surface area contributed by atoms with Crippen molar-refractivity contribution < 1.29 is 32.3 Å². The predicted molar refractivity (Wildman–Crippen MR) is 291 cm³/mol. The maximum absolute atomic E-state index is 14.6. The van der Waals surface area contributed by atoms with Crippen LogP contribution in [0.1, 0.15) is 119 Å². The highest BCUT2D eigenvalue weighted by Gasteiger charge is 2.46. The molecule has 8 rings (SSSR count). The second-order valence-corrected chi connectivity index (χ2v) is 25.3. The Balaban J connectivity index is 0.871. The molecule has 2 aromatic carbocycles. The van der Waals surface area contributed by atoms with Crippen LogP contribution >= 0.6 is 0 Å². The van der Waals surface area contributed by atoms with Crippen molar-refractivity contribution >= 4 is 61.7 Å². The zero-order valence-corrected chi connectivity index (χ0v) is 46.4. The maximum Gasteiger partial charge on any atom is 0.246 e. The van der Waals surface area contributed by atoms with Crippen molar-refractivity contribution in [3.05, 3.63) is 83.2 Å². The zero-order valence-electron chi connectivity index (χ0n) is 45.6. The smallest absolute Gasteiger partial charge is 0.246 e. The largest absolute Gasteiger partial charge is 0.492 e. The molecule has 76 heavy (non-hydrogen) atoms. The Morgan fingerprint density at radius 3 is 2.36 bits per heavy atom. The molecule has 408 valence electrons. The van der Waals surface area contributed by atoms with E-state index in [1.807, 2.05) is 52.8 Å². The number of nitrogens with zero attached hydrogens (tertiary/aromatic N) is 8. The Labute approximate surface area is 446 Å². The first-order valence-corrected chi connectivity index (χ1v) is 28.0. The van der Waals surface area contributed by atoms with Gasteiger partial charge in [-0.3, -0.25) is 29.2 Å². The SMILES string of the molecule is CN[C@@H](C)C(=O)N[C@H](C(=O)N1C[C@@H](CC(=O)c2cnc(N3CCN(CCCOc4cc5ncnc(Nc6n[nH]c(C)c6C)c5cc4S(=O)(=O)C(C)(C)C)CC3)cn2)C[C@H]1C(=O)N[C@@H]1CCCc2ccccc21)C(C)(C)C. The van der Waals surface area contributed by atoms with Crippen LogP contribution in [0.3, 0.4) is 0 Å². The number of ketones is 1. The van der Waals surface area contributed by atoms with Gasteiger partial charge in [0.1, 0.15) is 46.4 Å². The summed E-state index contributed by atoms with van der Waals surface area (Å²) in [5, 5.41) is 20.2. The molecular weight excluding hydrogens is 987 g/mol.